The van der Waals surface area contributed by atoms with E-state index in [0.29, 0.717) is 13.2 Å². The quantitative estimate of drug-likeness (QED) is 0.837. The number of rotatable bonds is 6. The van der Waals surface area contributed by atoms with E-state index in [0.717, 1.165) is 30.2 Å². The lowest BCUT2D eigenvalue weighted by Gasteiger charge is -2.26. The fourth-order valence-electron chi connectivity index (χ4n) is 3.49. The van der Waals surface area contributed by atoms with E-state index in [2.05, 4.69) is 34.9 Å². The predicted molar refractivity (Wildman–Crippen MR) is 102 cm³/mol. The fourth-order valence-corrected chi connectivity index (χ4v) is 3.49. The Kier molecular flexibility index (Phi) is 5.78. The van der Waals surface area contributed by atoms with Gasteiger partial charge in [-0.1, -0.05) is 12.1 Å². The minimum absolute atomic E-state index is 0.0582. The van der Waals surface area contributed by atoms with Crippen LogP contribution in [0.1, 0.15) is 43.5 Å². The van der Waals surface area contributed by atoms with Gasteiger partial charge in [0.25, 0.3) is 0 Å². The predicted octanol–water partition coefficient (Wildman–Crippen LogP) is 2.65. The first-order valence-corrected chi connectivity index (χ1v) is 9.25. The maximum atomic E-state index is 11.2. The summed E-state index contributed by atoms with van der Waals surface area (Å²) in [6, 6.07) is 12.6. The molecule has 0 radical (unpaired) electrons. The van der Waals surface area contributed by atoms with E-state index in [9.17, 15) is 4.79 Å². The molecule has 3 N–H and O–H groups in total. The third kappa shape index (κ3) is 3.99. The van der Waals surface area contributed by atoms with Gasteiger partial charge in [0.2, 0.25) is 5.91 Å². The Hall–Kier alpha value is -2.53. The number of nitrogens with two attached hydrogens (primary N) is 1. The molecule has 2 aromatic rings. The van der Waals surface area contributed by atoms with Crippen LogP contribution in [0.2, 0.25) is 0 Å². The molecule has 26 heavy (non-hydrogen) atoms. The largest absolute Gasteiger partial charge is 0.490 e. The second-order valence-electron chi connectivity index (χ2n) is 6.42. The summed E-state index contributed by atoms with van der Waals surface area (Å²) in [5.74, 6) is 1.58. The van der Waals surface area contributed by atoms with Crippen LogP contribution in [0.3, 0.4) is 0 Å². The molecule has 1 aliphatic rings. The van der Waals surface area contributed by atoms with Crippen LogP contribution in [0.4, 0.5) is 5.69 Å². The molecule has 0 aliphatic carbocycles. The van der Waals surface area contributed by atoms with Gasteiger partial charge in [0, 0.05) is 30.2 Å². The maximum absolute atomic E-state index is 11.2. The van der Waals surface area contributed by atoms with Crippen molar-refractivity contribution in [2.45, 2.75) is 33.2 Å². The van der Waals surface area contributed by atoms with E-state index >= 15 is 0 Å². The van der Waals surface area contributed by atoms with Crippen molar-refractivity contribution >= 4 is 11.6 Å². The summed E-state index contributed by atoms with van der Waals surface area (Å²) >= 11 is 0. The van der Waals surface area contributed by atoms with Crippen LogP contribution in [0, 0.1) is 0 Å². The van der Waals surface area contributed by atoms with E-state index in [1.54, 1.807) is 0 Å². The highest BCUT2D eigenvalue weighted by Gasteiger charge is 2.27. The topological polar surface area (TPSA) is 64.2 Å². The molecule has 0 spiro atoms. The molecule has 0 fully saturated rings. The monoisotopic (exact) mass is 355 g/mol. The molecule has 3 rings (SSSR count). The number of nitrogens with one attached hydrogen (secondary N) is 1. The van der Waals surface area contributed by atoms with Crippen molar-refractivity contribution in [2.24, 2.45) is 0 Å². The zero-order valence-electron chi connectivity index (χ0n) is 15.7. The number of hydrogen-bond acceptors (Lipinski definition) is 3. The van der Waals surface area contributed by atoms with Crippen LogP contribution < -0.4 is 20.1 Å². The number of amides is 1. The molecule has 5 nitrogen and oxygen atoms in total. The lowest BCUT2D eigenvalue weighted by molar-refractivity contribution is -0.690. The van der Waals surface area contributed by atoms with Crippen molar-refractivity contribution < 1.29 is 19.6 Å². The smallest absolute Gasteiger partial charge is 0.221 e. The Morgan fingerprint density at radius 2 is 1.77 bits per heavy atom. The molecule has 1 aliphatic heterocycles. The zero-order chi connectivity index (χ0) is 18.5. The minimum atomic E-state index is -0.0582. The summed E-state index contributed by atoms with van der Waals surface area (Å²) in [5.41, 5.74) is 4.62. The Balaban J connectivity index is 1.94. The first-order chi connectivity index (χ1) is 12.6. The Labute approximate surface area is 154 Å². The molecule has 0 saturated heterocycles. The third-order valence-electron chi connectivity index (χ3n) is 4.55. The number of anilines is 1. The zero-order valence-corrected chi connectivity index (χ0v) is 15.7. The van der Waals surface area contributed by atoms with E-state index < -0.39 is 0 Å². The highest BCUT2D eigenvalue weighted by atomic mass is 16.5. The Morgan fingerprint density at radius 3 is 2.38 bits per heavy atom. The number of benzene rings is 2. The molecule has 5 heteroatoms. The number of quaternary nitrogens is 1. The van der Waals surface area contributed by atoms with Gasteiger partial charge in [-0.25, -0.2) is 0 Å². The molecule has 0 saturated carbocycles. The summed E-state index contributed by atoms with van der Waals surface area (Å²) < 4.78 is 11.6. The van der Waals surface area contributed by atoms with Crippen molar-refractivity contribution in [2.75, 3.05) is 25.1 Å². The van der Waals surface area contributed by atoms with Gasteiger partial charge in [-0.05, 0) is 43.7 Å². The van der Waals surface area contributed by atoms with E-state index in [1.807, 2.05) is 26.0 Å². The van der Waals surface area contributed by atoms with Crippen molar-refractivity contribution in [3.63, 3.8) is 0 Å². The first kappa shape index (κ1) is 18.3. The normalized spacial score (nSPS) is 15.9. The van der Waals surface area contributed by atoms with Gasteiger partial charge in [0.05, 0.1) is 19.8 Å². The van der Waals surface area contributed by atoms with Crippen LogP contribution in [-0.2, 0) is 11.2 Å². The molecule has 1 heterocycles. The minimum Gasteiger partial charge on any atom is -0.490 e. The maximum Gasteiger partial charge on any atom is 0.221 e. The highest BCUT2D eigenvalue weighted by Crippen LogP contribution is 2.36. The van der Waals surface area contributed by atoms with Gasteiger partial charge in [0.15, 0.2) is 11.5 Å². The Bertz CT molecular complexity index is 772. The molecule has 0 bridgehead atoms. The van der Waals surface area contributed by atoms with Gasteiger partial charge in [-0.3, -0.25) is 4.79 Å². The van der Waals surface area contributed by atoms with Crippen molar-refractivity contribution in [1.29, 1.82) is 0 Å². The van der Waals surface area contributed by atoms with Crippen LogP contribution in [0.5, 0.6) is 11.5 Å². The fraction of sp³-hybridized carbons (Fsp3) is 0.381. The van der Waals surface area contributed by atoms with Crippen LogP contribution in [0.15, 0.2) is 36.4 Å². The summed E-state index contributed by atoms with van der Waals surface area (Å²) in [4.78, 5) is 11.2. The van der Waals surface area contributed by atoms with Crippen LogP contribution in [0.25, 0.3) is 0 Å². The average molecular weight is 355 g/mol. The van der Waals surface area contributed by atoms with Gasteiger partial charge in [0.1, 0.15) is 6.04 Å². The number of fused-ring (bicyclic) bond motifs is 1. The molecule has 0 aromatic heterocycles. The van der Waals surface area contributed by atoms with Crippen molar-refractivity contribution in [3.8, 4) is 11.5 Å². The number of ether oxygens (including phenoxy) is 2. The summed E-state index contributed by atoms with van der Waals surface area (Å²) in [5, 5.41) is 5.17. The lowest BCUT2D eigenvalue weighted by atomic mass is 9.89. The second kappa shape index (κ2) is 8.23. The molecule has 0 unspecified atom stereocenters. The average Bonchev–Trinajstić information content (AvgIpc) is 2.62. The molecular formula is C21H27N2O3+. The molecule has 2 aromatic carbocycles. The molecule has 138 valence electrons. The molecule has 1 amide bonds. The summed E-state index contributed by atoms with van der Waals surface area (Å²) in [7, 11) is 0. The number of hydrogen-bond donors (Lipinski definition) is 2. The van der Waals surface area contributed by atoms with Crippen LogP contribution in [-0.4, -0.2) is 25.7 Å². The van der Waals surface area contributed by atoms with E-state index in [-0.39, 0.29) is 11.9 Å². The summed E-state index contributed by atoms with van der Waals surface area (Å²) in [6.45, 7) is 7.76. The van der Waals surface area contributed by atoms with E-state index in [4.69, 9.17) is 9.47 Å². The van der Waals surface area contributed by atoms with Gasteiger partial charge in [-0.2, -0.15) is 0 Å². The Morgan fingerprint density at radius 1 is 1.12 bits per heavy atom. The van der Waals surface area contributed by atoms with Crippen molar-refractivity contribution in [1.82, 2.24) is 0 Å². The molecule has 1 atom stereocenters. The standard InChI is InChI=1S/C21H26N2O3/c1-4-25-19-12-16-10-11-22-21(18(16)13-20(19)26-5-2)15-6-8-17(9-7-15)23-14(3)24/h6-9,12-13,21-22H,4-5,10-11H2,1-3H3,(H,23,24)/p+1/t21-/m1/s1. The SMILES string of the molecule is CCOc1cc2c(cc1OCC)[C@@H](c1ccc(NC(C)=O)cc1)[NH2+]CC2. The van der Waals surface area contributed by atoms with Crippen molar-refractivity contribution in [3.05, 3.63) is 53.1 Å². The first-order valence-electron chi connectivity index (χ1n) is 9.25. The number of carbonyl (C=O) groups is 1. The summed E-state index contributed by atoms with van der Waals surface area (Å²) in [6.07, 6.45) is 1.02. The second-order valence-corrected chi connectivity index (χ2v) is 6.42. The third-order valence-corrected chi connectivity index (χ3v) is 4.55. The molecular weight excluding hydrogens is 328 g/mol. The highest BCUT2D eigenvalue weighted by molar-refractivity contribution is 5.88. The van der Waals surface area contributed by atoms with E-state index in [1.165, 1.54) is 23.6 Å². The van der Waals surface area contributed by atoms with Gasteiger partial charge in [-0.15, -0.1) is 0 Å². The van der Waals surface area contributed by atoms with Gasteiger partial charge >= 0.3 is 0 Å². The lowest BCUT2D eigenvalue weighted by Crippen LogP contribution is -2.87. The van der Waals surface area contributed by atoms with Gasteiger partial charge < -0.3 is 20.1 Å². The van der Waals surface area contributed by atoms with Crippen LogP contribution >= 0.6 is 0 Å². The number of carbonyl (C=O) groups excluding carboxylic acids is 1.